The summed E-state index contributed by atoms with van der Waals surface area (Å²) >= 11 is 0. The van der Waals surface area contributed by atoms with Crippen molar-refractivity contribution in [2.45, 2.75) is 18.8 Å². The number of aromatic nitrogens is 4. The molecule has 1 fully saturated rings. The summed E-state index contributed by atoms with van der Waals surface area (Å²) in [5.74, 6) is 1.16. The summed E-state index contributed by atoms with van der Waals surface area (Å²) in [6, 6.07) is 17.9. The second-order valence-corrected chi connectivity index (χ2v) is 7.41. The Morgan fingerprint density at radius 3 is 2.66 bits per heavy atom. The Balaban J connectivity index is 1.32. The van der Waals surface area contributed by atoms with Crippen molar-refractivity contribution in [1.82, 2.24) is 24.5 Å². The van der Waals surface area contributed by atoms with Crippen LogP contribution in [0.15, 0.2) is 73.2 Å². The number of hydrogen-bond donors (Lipinski definition) is 0. The van der Waals surface area contributed by atoms with Crippen molar-refractivity contribution in [3.63, 3.8) is 0 Å². The lowest BCUT2D eigenvalue weighted by Crippen LogP contribution is -2.29. The molecular weight excluding hydrogens is 362 g/mol. The molecule has 6 nitrogen and oxygen atoms in total. The first-order valence-corrected chi connectivity index (χ1v) is 9.85. The molecule has 0 saturated carbocycles. The van der Waals surface area contributed by atoms with E-state index in [1.165, 1.54) is 0 Å². The largest absolute Gasteiger partial charge is 0.342 e. The Morgan fingerprint density at radius 1 is 1.00 bits per heavy atom. The van der Waals surface area contributed by atoms with E-state index in [9.17, 15) is 4.79 Å². The van der Waals surface area contributed by atoms with Crippen LogP contribution in [0.1, 0.15) is 23.7 Å². The van der Waals surface area contributed by atoms with Crippen molar-refractivity contribution >= 4 is 11.6 Å². The molecule has 1 amide bonds. The van der Waals surface area contributed by atoms with Gasteiger partial charge in [-0.05, 0) is 41.8 Å². The van der Waals surface area contributed by atoms with Gasteiger partial charge in [0.05, 0.1) is 6.42 Å². The summed E-state index contributed by atoms with van der Waals surface area (Å²) in [6.45, 7) is 1.44. The van der Waals surface area contributed by atoms with Crippen LogP contribution in [-0.4, -0.2) is 43.5 Å². The van der Waals surface area contributed by atoms with E-state index in [4.69, 9.17) is 10.1 Å². The number of likely N-dealkylation sites (tertiary alicyclic amines) is 1. The molecule has 1 aromatic carbocycles. The maximum atomic E-state index is 12.6. The highest BCUT2D eigenvalue weighted by Crippen LogP contribution is 2.26. The van der Waals surface area contributed by atoms with Crippen molar-refractivity contribution < 1.29 is 4.79 Å². The molecule has 29 heavy (non-hydrogen) atoms. The molecule has 5 rings (SSSR count). The quantitative estimate of drug-likeness (QED) is 0.542. The molecule has 0 bridgehead atoms. The lowest BCUT2D eigenvalue weighted by molar-refractivity contribution is -0.129. The summed E-state index contributed by atoms with van der Waals surface area (Å²) < 4.78 is 1.83. The van der Waals surface area contributed by atoms with Crippen LogP contribution in [0, 0.1) is 0 Å². The van der Waals surface area contributed by atoms with Crippen molar-refractivity contribution in [2.75, 3.05) is 13.1 Å². The van der Waals surface area contributed by atoms with Gasteiger partial charge in [0.1, 0.15) is 0 Å². The number of rotatable bonds is 4. The zero-order valence-electron chi connectivity index (χ0n) is 16.0. The maximum Gasteiger partial charge on any atom is 0.227 e. The Kier molecular flexibility index (Phi) is 4.52. The van der Waals surface area contributed by atoms with Gasteiger partial charge in [0.2, 0.25) is 5.91 Å². The third-order valence-corrected chi connectivity index (χ3v) is 5.47. The summed E-state index contributed by atoms with van der Waals surface area (Å²) in [5.41, 5.74) is 4.04. The molecule has 1 saturated heterocycles. The Hall–Kier alpha value is -3.54. The summed E-state index contributed by atoms with van der Waals surface area (Å²) in [6.07, 6.45) is 6.91. The van der Waals surface area contributed by atoms with Crippen LogP contribution in [-0.2, 0) is 11.2 Å². The van der Waals surface area contributed by atoms with Crippen LogP contribution in [0.3, 0.4) is 0 Å². The van der Waals surface area contributed by atoms with E-state index in [1.54, 1.807) is 12.4 Å². The fourth-order valence-electron chi connectivity index (χ4n) is 3.87. The predicted octanol–water partition coefficient (Wildman–Crippen LogP) is 3.35. The molecule has 6 heteroatoms. The van der Waals surface area contributed by atoms with Crippen molar-refractivity contribution in [3.05, 3.63) is 84.6 Å². The third-order valence-electron chi connectivity index (χ3n) is 5.47. The summed E-state index contributed by atoms with van der Waals surface area (Å²) in [7, 11) is 0. The molecule has 1 aliphatic rings. The molecule has 1 aliphatic heterocycles. The molecule has 144 valence electrons. The summed E-state index contributed by atoms with van der Waals surface area (Å²) in [4.78, 5) is 23.4. The SMILES string of the molecule is O=C(Cc1ccccc1)N1CCC(c2nc3ccc(-c4ccncc4)cn3n2)C1. The normalized spacial score (nSPS) is 16.4. The highest BCUT2D eigenvalue weighted by molar-refractivity contribution is 5.79. The van der Waals surface area contributed by atoms with Crippen molar-refractivity contribution in [2.24, 2.45) is 0 Å². The molecular formula is C23H21N5O. The van der Waals surface area contributed by atoms with Gasteiger partial charge >= 0.3 is 0 Å². The minimum absolute atomic E-state index is 0.169. The monoisotopic (exact) mass is 383 g/mol. The van der Waals surface area contributed by atoms with Crippen LogP contribution < -0.4 is 0 Å². The van der Waals surface area contributed by atoms with E-state index >= 15 is 0 Å². The number of amides is 1. The fraction of sp³-hybridized carbons (Fsp3) is 0.217. The van der Waals surface area contributed by atoms with Crippen LogP contribution in [0.2, 0.25) is 0 Å². The number of carbonyl (C=O) groups is 1. The van der Waals surface area contributed by atoms with Gasteiger partial charge in [-0.2, -0.15) is 5.10 Å². The van der Waals surface area contributed by atoms with Gasteiger partial charge < -0.3 is 4.90 Å². The van der Waals surface area contributed by atoms with Gasteiger partial charge in [0.15, 0.2) is 11.5 Å². The topological polar surface area (TPSA) is 63.4 Å². The molecule has 4 aromatic rings. The lowest BCUT2D eigenvalue weighted by Gasteiger charge is -2.15. The third kappa shape index (κ3) is 3.61. The Morgan fingerprint density at radius 2 is 1.83 bits per heavy atom. The molecule has 0 spiro atoms. The second-order valence-electron chi connectivity index (χ2n) is 7.41. The highest BCUT2D eigenvalue weighted by Gasteiger charge is 2.30. The minimum Gasteiger partial charge on any atom is -0.342 e. The molecule has 1 unspecified atom stereocenters. The fourth-order valence-corrected chi connectivity index (χ4v) is 3.87. The Labute approximate surface area is 168 Å². The van der Waals surface area contributed by atoms with Gasteiger partial charge in [-0.3, -0.25) is 9.78 Å². The lowest BCUT2D eigenvalue weighted by atomic mass is 10.1. The maximum absolute atomic E-state index is 12.6. The van der Waals surface area contributed by atoms with Crippen LogP contribution in [0.5, 0.6) is 0 Å². The Bertz CT molecular complexity index is 1140. The zero-order valence-corrected chi connectivity index (χ0v) is 16.0. The van der Waals surface area contributed by atoms with Gasteiger partial charge in [0, 0.05) is 43.2 Å². The van der Waals surface area contributed by atoms with E-state index in [1.807, 2.05) is 70.2 Å². The predicted molar refractivity (Wildman–Crippen MR) is 110 cm³/mol. The van der Waals surface area contributed by atoms with Crippen LogP contribution in [0.25, 0.3) is 16.8 Å². The van der Waals surface area contributed by atoms with Crippen molar-refractivity contribution in [3.8, 4) is 11.1 Å². The number of pyridine rings is 2. The first kappa shape index (κ1) is 17.6. The van der Waals surface area contributed by atoms with E-state index in [0.29, 0.717) is 13.0 Å². The number of carbonyl (C=O) groups excluding carboxylic acids is 1. The van der Waals surface area contributed by atoms with Gasteiger partial charge in [-0.1, -0.05) is 30.3 Å². The molecule has 4 heterocycles. The number of fused-ring (bicyclic) bond motifs is 1. The summed E-state index contributed by atoms with van der Waals surface area (Å²) in [5, 5.41) is 4.71. The standard InChI is InChI=1S/C23H21N5O/c29-22(14-17-4-2-1-3-5-17)27-13-10-20(15-27)23-25-21-7-6-19(16-28(21)26-23)18-8-11-24-12-9-18/h1-9,11-12,16,20H,10,13-15H2. The minimum atomic E-state index is 0.169. The second kappa shape index (κ2) is 7.47. The van der Waals surface area contributed by atoms with Crippen molar-refractivity contribution in [1.29, 1.82) is 0 Å². The van der Waals surface area contributed by atoms with E-state index in [2.05, 4.69) is 4.98 Å². The van der Waals surface area contributed by atoms with E-state index in [0.717, 1.165) is 41.1 Å². The average molecular weight is 383 g/mol. The van der Waals surface area contributed by atoms with E-state index in [-0.39, 0.29) is 11.8 Å². The smallest absolute Gasteiger partial charge is 0.227 e. The number of hydrogen-bond acceptors (Lipinski definition) is 4. The average Bonchev–Trinajstić information content (AvgIpc) is 3.42. The van der Waals surface area contributed by atoms with Crippen LogP contribution in [0.4, 0.5) is 0 Å². The zero-order chi connectivity index (χ0) is 19.6. The number of nitrogens with zero attached hydrogens (tertiary/aromatic N) is 5. The highest BCUT2D eigenvalue weighted by atomic mass is 16.2. The molecule has 1 atom stereocenters. The van der Waals surface area contributed by atoms with E-state index < -0.39 is 0 Å². The van der Waals surface area contributed by atoms with Crippen LogP contribution >= 0.6 is 0 Å². The molecule has 0 aliphatic carbocycles. The van der Waals surface area contributed by atoms with Gasteiger partial charge in [-0.25, -0.2) is 9.50 Å². The molecule has 0 radical (unpaired) electrons. The van der Waals surface area contributed by atoms with Gasteiger partial charge in [0.25, 0.3) is 0 Å². The first-order valence-electron chi connectivity index (χ1n) is 9.85. The molecule has 0 N–H and O–H groups in total. The first-order chi connectivity index (χ1) is 14.3. The molecule has 3 aromatic heterocycles. The van der Waals surface area contributed by atoms with Gasteiger partial charge in [-0.15, -0.1) is 0 Å². The number of benzene rings is 1.